The normalized spacial score (nSPS) is 23.5. The van der Waals surface area contributed by atoms with Crippen LogP contribution < -0.4 is 4.90 Å². The zero-order valence-corrected chi connectivity index (χ0v) is 14.7. The number of anilines is 1. The van der Waals surface area contributed by atoms with Crippen molar-refractivity contribution in [1.29, 1.82) is 0 Å². The molecule has 24 heavy (non-hydrogen) atoms. The Balaban J connectivity index is 1.76. The molecular weight excluding hydrogens is 308 g/mol. The lowest BCUT2D eigenvalue weighted by Crippen LogP contribution is -2.55. The maximum Gasteiger partial charge on any atom is 0.272 e. The number of hydrogen-bond acceptors (Lipinski definition) is 6. The topological polar surface area (TPSA) is 67.8 Å². The summed E-state index contributed by atoms with van der Waals surface area (Å²) in [6, 6.07) is 1.69. The first-order chi connectivity index (χ1) is 11.5. The number of carbonyl (C=O) groups excluding carboxylic acids is 1. The predicted molar refractivity (Wildman–Crippen MR) is 90.2 cm³/mol. The molecule has 2 saturated heterocycles. The highest BCUT2D eigenvalue weighted by atomic mass is 16.5. The number of rotatable bonds is 4. The number of ether oxygens (including phenoxy) is 2. The number of aromatic nitrogens is 2. The zero-order valence-electron chi connectivity index (χ0n) is 14.7. The Morgan fingerprint density at radius 3 is 2.88 bits per heavy atom. The van der Waals surface area contributed by atoms with Crippen LogP contribution in [0, 0.1) is 0 Å². The Morgan fingerprint density at radius 2 is 2.17 bits per heavy atom. The zero-order chi connectivity index (χ0) is 17.2. The van der Waals surface area contributed by atoms with Crippen molar-refractivity contribution in [2.24, 2.45) is 0 Å². The number of methoxy groups -OCH3 is 1. The Kier molecular flexibility index (Phi) is 5.01. The highest BCUT2D eigenvalue weighted by molar-refractivity contribution is 5.92. The second-order valence-corrected chi connectivity index (χ2v) is 7.08. The average molecular weight is 334 g/mol. The van der Waals surface area contributed by atoms with E-state index < -0.39 is 5.60 Å². The van der Waals surface area contributed by atoms with Gasteiger partial charge >= 0.3 is 0 Å². The predicted octanol–water partition coefficient (Wildman–Crippen LogP) is 1.34. The summed E-state index contributed by atoms with van der Waals surface area (Å²) in [7, 11) is 1.64. The number of hydrogen-bond donors (Lipinski definition) is 0. The summed E-state index contributed by atoms with van der Waals surface area (Å²) in [4.78, 5) is 25.7. The average Bonchev–Trinajstić information content (AvgIpc) is 3.07. The molecule has 3 heterocycles. The van der Waals surface area contributed by atoms with Crippen LogP contribution in [0.3, 0.4) is 0 Å². The van der Waals surface area contributed by atoms with Crippen LogP contribution in [0.1, 0.15) is 37.2 Å². The van der Waals surface area contributed by atoms with Gasteiger partial charge in [0.1, 0.15) is 5.69 Å². The molecule has 1 amide bonds. The van der Waals surface area contributed by atoms with Crippen molar-refractivity contribution >= 4 is 11.9 Å². The van der Waals surface area contributed by atoms with E-state index in [9.17, 15) is 4.79 Å². The molecule has 1 aromatic rings. The van der Waals surface area contributed by atoms with Crippen LogP contribution in [-0.4, -0.2) is 72.4 Å². The van der Waals surface area contributed by atoms with E-state index in [0.717, 1.165) is 25.9 Å². The van der Waals surface area contributed by atoms with Gasteiger partial charge in [0.15, 0.2) is 0 Å². The van der Waals surface area contributed by atoms with Crippen LogP contribution in [0.4, 0.5) is 5.95 Å². The van der Waals surface area contributed by atoms with Crippen LogP contribution in [0.25, 0.3) is 0 Å². The fourth-order valence-corrected chi connectivity index (χ4v) is 3.42. The van der Waals surface area contributed by atoms with Gasteiger partial charge in [0.2, 0.25) is 5.95 Å². The van der Waals surface area contributed by atoms with Gasteiger partial charge < -0.3 is 19.3 Å². The van der Waals surface area contributed by atoms with Crippen molar-refractivity contribution in [3.8, 4) is 0 Å². The molecule has 3 rings (SSSR count). The summed E-state index contributed by atoms with van der Waals surface area (Å²) in [5.41, 5.74) is 0.0443. The minimum absolute atomic E-state index is 0.0738. The molecule has 132 valence electrons. The molecule has 1 unspecified atom stereocenters. The molecule has 1 atom stereocenters. The lowest BCUT2D eigenvalue weighted by molar-refractivity contribution is -0.143. The molecule has 0 aromatic carbocycles. The first kappa shape index (κ1) is 17.1. The van der Waals surface area contributed by atoms with Crippen LogP contribution in [0.5, 0.6) is 0 Å². The largest absolute Gasteiger partial charge is 0.382 e. The summed E-state index contributed by atoms with van der Waals surface area (Å²) >= 11 is 0. The van der Waals surface area contributed by atoms with E-state index >= 15 is 0 Å². The Hall–Kier alpha value is -1.73. The van der Waals surface area contributed by atoms with Crippen molar-refractivity contribution in [3.63, 3.8) is 0 Å². The van der Waals surface area contributed by atoms with E-state index in [2.05, 4.69) is 14.9 Å². The van der Waals surface area contributed by atoms with Gasteiger partial charge in [-0.3, -0.25) is 4.79 Å². The maximum absolute atomic E-state index is 12.9. The van der Waals surface area contributed by atoms with Gasteiger partial charge in [0.05, 0.1) is 18.3 Å². The fraction of sp³-hybridized carbons (Fsp3) is 0.706. The molecule has 7 heteroatoms. The molecule has 7 nitrogen and oxygen atoms in total. The highest BCUT2D eigenvalue weighted by Gasteiger charge is 2.36. The minimum Gasteiger partial charge on any atom is -0.382 e. The molecule has 0 saturated carbocycles. The minimum atomic E-state index is -0.401. The smallest absolute Gasteiger partial charge is 0.272 e. The molecular formula is C17H26N4O3. The second kappa shape index (κ2) is 7.03. The van der Waals surface area contributed by atoms with Gasteiger partial charge in [0.25, 0.3) is 5.91 Å². The summed E-state index contributed by atoms with van der Waals surface area (Å²) < 4.78 is 11.2. The standard InChI is InChI=1S/C17H26N4O3/c1-17(2)12-21(10-13(24-17)11-23-3)15(22)14-6-7-18-16(19-14)20-8-4-5-9-20/h6-7,13H,4-5,8-12H2,1-3H3. The fourth-order valence-electron chi connectivity index (χ4n) is 3.42. The van der Waals surface area contributed by atoms with E-state index in [0.29, 0.717) is 31.3 Å². The second-order valence-electron chi connectivity index (χ2n) is 7.08. The van der Waals surface area contributed by atoms with Crippen LogP contribution >= 0.6 is 0 Å². The van der Waals surface area contributed by atoms with E-state index in [1.165, 1.54) is 0 Å². The molecule has 0 radical (unpaired) electrons. The molecule has 0 spiro atoms. The maximum atomic E-state index is 12.9. The van der Waals surface area contributed by atoms with Crippen molar-refractivity contribution in [2.45, 2.75) is 38.4 Å². The molecule has 1 aromatic heterocycles. The molecule has 2 aliphatic heterocycles. The van der Waals surface area contributed by atoms with Gasteiger partial charge in [0, 0.05) is 39.5 Å². The number of nitrogens with zero attached hydrogens (tertiary/aromatic N) is 4. The third kappa shape index (κ3) is 3.84. The van der Waals surface area contributed by atoms with Gasteiger partial charge in [-0.15, -0.1) is 0 Å². The van der Waals surface area contributed by atoms with E-state index in [4.69, 9.17) is 9.47 Å². The van der Waals surface area contributed by atoms with Crippen LogP contribution in [0.15, 0.2) is 12.3 Å². The summed E-state index contributed by atoms with van der Waals surface area (Å²) in [5.74, 6) is 0.578. The lowest BCUT2D eigenvalue weighted by atomic mass is 10.0. The third-order valence-electron chi connectivity index (χ3n) is 4.37. The van der Waals surface area contributed by atoms with Crippen molar-refractivity contribution in [2.75, 3.05) is 44.8 Å². The van der Waals surface area contributed by atoms with Gasteiger partial charge in [-0.25, -0.2) is 9.97 Å². The lowest BCUT2D eigenvalue weighted by Gasteiger charge is -2.42. The van der Waals surface area contributed by atoms with Crippen LogP contribution in [0.2, 0.25) is 0 Å². The Labute approximate surface area is 143 Å². The van der Waals surface area contributed by atoms with Crippen molar-refractivity contribution < 1.29 is 14.3 Å². The molecule has 2 fully saturated rings. The first-order valence-corrected chi connectivity index (χ1v) is 8.52. The monoisotopic (exact) mass is 334 g/mol. The van der Waals surface area contributed by atoms with Crippen molar-refractivity contribution in [3.05, 3.63) is 18.0 Å². The number of carbonyl (C=O) groups is 1. The molecule has 0 bridgehead atoms. The summed E-state index contributed by atoms with van der Waals surface area (Å²) in [6.45, 7) is 7.41. The van der Waals surface area contributed by atoms with Crippen molar-refractivity contribution in [1.82, 2.24) is 14.9 Å². The van der Waals surface area contributed by atoms with Gasteiger partial charge in [-0.1, -0.05) is 0 Å². The molecule has 2 aliphatic rings. The summed E-state index contributed by atoms with van der Waals surface area (Å²) in [6.07, 6.45) is 3.85. The SMILES string of the molecule is COCC1CN(C(=O)c2ccnc(N3CCCC3)n2)CC(C)(C)O1. The number of morpholine rings is 1. The van der Waals surface area contributed by atoms with E-state index in [1.54, 1.807) is 19.4 Å². The van der Waals surface area contributed by atoms with Crippen LogP contribution in [-0.2, 0) is 9.47 Å². The van der Waals surface area contributed by atoms with E-state index in [1.807, 2.05) is 18.7 Å². The Morgan fingerprint density at radius 1 is 1.42 bits per heavy atom. The third-order valence-corrected chi connectivity index (χ3v) is 4.37. The number of amides is 1. The van der Waals surface area contributed by atoms with E-state index in [-0.39, 0.29) is 12.0 Å². The van der Waals surface area contributed by atoms with Gasteiger partial charge in [-0.2, -0.15) is 0 Å². The quantitative estimate of drug-likeness (QED) is 0.828. The molecule has 0 aliphatic carbocycles. The van der Waals surface area contributed by atoms with Gasteiger partial charge in [-0.05, 0) is 32.8 Å². The first-order valence-electron chi connectivity index (χ1n) is 8.52. The Bertz CT molecular complexity index is 587. The summed E-state index contributed by atoms with van der Waals surface area (Å²) in [5, 5.41) is 0. The highest BCUT2D eigenvalue weighted by Crippen LogP contribution is 2.23. The molecule has 0 N–H and O–H groups in total.